The number of allylic oxidation sites excluding steroid dienone is 1. The summed E-state index contributed by atoms with van der Waals surface area (Å²) >= 11 is 7.13. The minimum atomic E-state index is -0.560. The predicted molar refractivity (Wildman–Crippen MR) is 90.1 cm³/mol. The first-order chi connectivity index (χ1) is 11.4. The summed E-state index contributed by atoms with van der Waals surface area (Å²) in [6, 6.07) is 3.83. The van der Waals surface area contributed by atoms with Gasteiger partial charge in [-0.15, -0.1) is 11.7 Å². The van der Waals surface area contributed by atoms with Crippen molar-refractivity contribution in [2.24, 2.45) is 0 Å². The minimum absolute atomic E-state index is 0.0891. The maximum atomic E-state index is 12.3. The lowest BCUT2D eigenvalue weighted by Gasteiger charge is -2.12. The molecule has 0 spiro atoms. The van der Waals surface area contributed by atoms with Crippen molar-refractivity contribution in [3.05, 3.63) is 46.0 Å². The summed E-state index contributed by atoms with van der Waals surface area (Å²) in [4.78, 5) is 22.4. The van der Waals surface area contributed by atoms with Crippen LogP contribution in [0.25, 0.3) is 0 Å². The number of aromatic nitrogens is 4. The Labute approximate surface area is 146 Å². The molecule has 0 aliphatic heterocycles. The molecule has 24 heavy (non-hydrogen) atoms. The Kier molecular flexibility index (Phi) is 5.88. The number of nitro benzene ring substituents is 1. The van der Waals surface area contributed by atoms with Gasteiger partial charge in [0.1, 0.15) is 0 Å². The van der Waals surface area contributed by atoms with Crippen molar-refractivity contribution in [1.29, 1.82) is 0 Å². The summed E-state index contributed by atoms with van der Waals surface area (Å²) in [7, 11) is 0. The molecule has 1 unspecified atom stereocenters. The molecular weight excluding hydrogens is 356 g/mol. The highest BCUT2D eigenvalue weighted by Gasteiger charge is 2.20. The molecule has 1 aromatic heterocycles. The lowest BCUT2D eigenvalue weighted by molar-refractivity contribution is -0.384. The van der Waals surface area contributed by atoms with Gasteiger partial charge >= 0.3 is 0 Å². The number of thioether (sulfide) groups is 1. The fourth-order valence-electron chi connectivity index (χ4n) is 1.68. The average molecular weight is 369 g/mol. The van der Waals surface area contributed by atoms with Crippen molar-refractivity contribution in [2.75, 3.05) is 5.32 Å². The molecule has 0 saturated heterocycles. The summed E-state index contributed by atoms with van der Waals surface area (Å²) in [5.74, 6) is -0.330. The highest BCUT2D eigenvalue weighted by molar-refractivity contribution is 8.00. The second-order valence-corrected chi connectivity index (χ2v) is 6.32. The van der Waals surface area contributed by atoms with E-state index >= 15 is 0 Å². The second kappa shape index (κ2) is 7.88. The van der Waals surface area contributed by atoms with Crippen LogP contribution in [0.5, 0.6) is 0 Å². The zero-order valence-corrected chi connectivity index (χ0v) is 14.1. The minimum Gasteiger partial charge on any atom is -0.324 e. The molecule has 1 amide bonds. The molecule has 1 heterocycles. The number of rotatable bonds is 7. The number of nitrogens with one attached hydrogen (secondary N) is 1. The van der Waals surface area contributed by atoms with Gasteiger partial charge in [-0.05, 0) is 23.4 Å². The summed E-state index contributed by atoms with van der Waals surface area (Å²) < 4.78 is 1.51. The number of amides is 1. The molecule has 0 bridgehead atoms. The van der Waals surface area contributed by atoms with E-state index in [9.17, 15) is 14.9 Å². The second-order valence-electron chi connectivity index (χ2n) is 4.60. The van der Waals surface area contributed by atoms with Crippen molar-refractivity contribution >= 4 is 40.6 Å². The van der Waals surface area contributed by atoms with Gasteiger partial charge in [-0.1, -0.05) is 29.4 Å². The third-order valence-corrected chi connectivity index (χ3v) is 4.26. The average Bonchev–Trinajstić information content (AvgIpc) is 2.96. The van der Waals surface area contributed by atoms with Gasteiger partial charge in [0.25, 0.3) is 5.69 Å². The Balaban J connectivity index is 2.05. The number of hydrogen-bond donors (Lipinski definition) is 1. The maximum absolute atomic E-state index is 12.3. The van der Waals surface area contributed by atoms with Crippen molar-refractivity contribution in [2.45, 2.75) is 23.9 Å². The van der Waals surface area contributed by atoms with Gasteiger partial charge in [-0.2, -0.15) is 0 Å². The fourth-order valence-corrected chi connectivity index (χ4v) is 2.70. The van der Waals surface area contributed by atoms with Gasteiger partial charge in [0.15, 0.2) is 0 Å². The van der Waals surface area contributed by atoms with Crippen LogP contribution < -0.4 is 5.32 Å². The molecule has 0 saturated carbocycles. The topological polar surface area (TPSA) is 116 Å². The summed E-state index contributed by atoms with van der Waals surface area (Å²) in [5.41, 5.74) is 0.148. The van der Waals surface area contributed by atoms with Crippen LogP contribution in [0.15, 0.2) is 36.0 Å². The Bertz CT molecular complexity index is 781. The third-order valence-electron chi connectivity index (χ3n) is 2.87. The van der Waals surface area contributed by atoms with E-state index in [4.69, 9.17) is 11.6 Å². The Morgan fingerprint density at radius 1 is 1.62 bits per heavy atom. The summed E-state index contributed by atoms with van der Waals surface area (Å²) in [5, 5.41) is 24.6. The zero-order chi connectivity index (χ0) is 17.7. The van der Waals surface area contributed by atoms with E-state index in [1.54, 1.807) is 13.0 Å². The third kappa shape index (κ3) is 4.30. The van der Waals surface area contributed by atoms with Gasteiger partial charge < -0.3 is 5.32 Å². The molecule has 126 valence electrons. The van der Waals surface area contributed by atoms with E-state index in [2.05, 4.69) is 27.4 Å². The predicted octanol–water partition coefficient (Wildman–Crippen LogP) is 2.54. The highest BCUT2D eigenvalue weighted by atomic mass is 35.5. The fraction of sp³-hybridized carbons (Fsp3) is 0.231. The first-order valence-corrected chi connectivity index (χ1v) is 7.96. The van der Waals surface area contributed by atoms with Crippen LogP contribution in [0, 0.1) is 10.1 Å². The van der Waals surface area contributed by atoms with E-state index in [0.29, 0.717) is 17.4 Å². The monoisotopic (exact) mass is 368 g/mol. The normalized spacial score (nSPS) is 11.8. The molecule has 9 nitrogen and oxygen atoms in total. The number of anilines is 1. The number of tetrazole rings is 1. The lowest BCUT2D eigenvalue weighted by Crippen LogP contribution is -2.23. The number of hydrogen-bond acceptors (Lipinski definition) is 7. The van der Waals surface area contributed by atoms with E-state index in [-0.39, 0.29) is 16.6 Å². The van der Waals surface area contributed by atoms with E-state index in [1.807, 2.05) is 0 Å². The van der Waals surface area contributed by atoms with E-state index in [0.717, 1.165) is 0 Å². The van der Waals surface area contributed by atoms with Gasteiger partial charge in [0.05, 0.1) is 27.4 Å². The molecule has 0 radical (unpaired) electrons. The van der Waals surface area contributed by atoms with Gasteiger partial charge in [0, 0.05) is 12.1 Å². The first kappa shape index (κ1) is 17.9. The molecule has 1 aromatic carbocycles. The van der Waals surface area contributed by atoms with Crippen molar-refractivity contribution in [3.8, 4) is 0 Å². The van der Waals surface area contributed by atoms with Gasteiger partial charge in [-0.25, -0.2) is 4.68 Å². The van der Waals surface area contributed by atoms with Crippen LogP contribution in [0.4, 0.5) is 11.4 Å². The highest BCUT2D eigenvalue weighted by Crippen LogP contribution is 2.28. The van der Waals surface area contributed by atoms with E-state index in [1.165, 1.54) is 34.6 Å². The Morgan fingerprint density at radius 3 is 3.00 bits per heavy atom. The summed E-state index contributed by atoms with van der Waals surface area (Å²) in [6.45, 7) is 5.72. The molecule has 1 N–H and O–H groups in total. The molecule has 11 heteroatoms. The van der Waals surface area contributed by atoms with Crippen LogP contribution in [0.2, 0.25) is 5.02 Å². The number of nitro groups is 1. The number of benzene rings is 1. The van der Waals surface area contributed by atoms with Crippen molar-refractivity contribution in [3.63, 3.8) is 0 Å². The largest absolute Gasteiger partial charge is 0.324 e. The maximum Gasteiger partial charge on any atom is 0.271 e. The Morgan fingerprint density at radius 2 is 2.38 bits per heavy atom. The SMILES string of the molecule is C=CCn1nnnc1SC(C)C(=O)Nc1ccc([N+](=O)[O-])cc1Cl. The number of halogens is 1. The van der Waals surface area contributed by atoms with Gasteiger partial charge in [0.2, 0.25) is 11.1 Å². The standard InChI is InChI=1S/C13H13ClN6O3S/c1-3-6-19-13(16-17-18-19)24-8(2)12(21)15-11-5-4-9(20(22)23)7-10(11)14/h3-5,7-8H,1,6H2,2H3,(H,15,21). The van der Waals surface area contributed by atoms with Crippen LogP contribution >= 0.6 is 23.4 Å². The number of nitrogens with zero attached hydrogens (tertiary/aromatic N) is 5. The summed E-state index contributed by atoms with van der Waals surface area (Å²) in [6.07, 6.45) is 1.64. The van der Waals surface area contributed by atoms with Crippen molar-refractivity contribution < 1.29 is 9.72 Å². The molecule has 2 rings (SSSR count). The molecule has 2 aromatic rings. The molecule has 1 atom stereocenters. The quantitative estimate of drug-likeness (QED) is 0.345. The lowest BCUT2D eigenvalue weighted by atomic mass is 10.2. The number of carbonyl (C=O) groups is 1. The molecule has 0 aliphatic carbocycles. The van der Waals surface area contributed by atoms with Crippen LogP contribution in [-0.4, -0.2) is 36.3 Å². The van der Waals surface area contributed by atoms with E-state index < -0.39 is 10.2 Å². The Hall–Kier alpha value is -2.46. The van der Waals surface area contributed by atoms with Gasteiger partial charge in [-0.3, -0.25) is 14.9 Å². The van der Waals surface area contributed by atoms with Crippen LogP contribution in [0.1, 0.15) is 6.92 Å². The molecule has 0 fully saturated rings. The van der Waals surface area contributed by atoms with Crippen LogP contribution in [0.3, 0.4) is 0 Å². The zero-order valence-electron chi connectivity index (χ0n) is 12.5. The first-order valence-electron chi connectivity index (χ1n) is 6.71. The number of non-ortho nitro benzene ring substituents is 1. The molecular formula is C13H13ClN6O3S. The van der Waals surface area contributed by atoms with Crippen molar-refractivity contribution in [1.82, 2.24) is 20.2 Å². The number of carbonyl (C=O) groups excluding carboxylic acids is 1. The van der Waals surface area contributed by atoms with Crippen LogP contribution in [-0.2, 0) is 11.3 Å². The smallest absolute Gasteiger partial charge is 0.271 e. The molecule has 0 aliphatic rings.